The number of nitrogens with zero attached hydrogens (tertiary/aromatic N) is 1. The van der Waals surface area contributed by atoms with Gasteiger partial charge in [0.1, 0.15) is 12.3 Å². The summed E-state index contributed by atoms with van der Waals surface area (Å²) in [4.78, 5) is 0. The third kappa shape index (κ3) is 2.79. The zero-order valence-corrected chi connectivity index (χ0v) is 9.99. The van der Waals surface area contributed by atoms with Crippen molar-refractivity contribution in [3.05, 3.63) is 39.0 Å². The van der Waals surface area contributed by atoms with E-state index in [4.69, 9.17) is 44.8 Å². The van der Waals surface area contributed by atoms with E-state index in [0.29, 0.717) is 15.6 Å². The van der Waals surface area contributed by atoms with Crippen molar-refractivity contribution < 1.29 is 4.74 Å². The van der Waals surface area contributed by atoms with Crippen LogP contribution in [-0.2, 0) is 4.74 Å². The molecular weight excluding hydrogens is 256 g/mol. The average molecular weight is 263 g/mol. The van der Waals surface area contributed by atoms with Gasteiger partial charge in [0, 0.05) is 10.6 Å². The minimum absolute atomic E-state index is 0.270. The minimum Gasteiger partial charge on any atom is -0.503 e. The Morgan fingerprint density at radius 2 is 2.07 bits per heavy atom. The Kier molecular flexibility index (Phi) is 4.28. The molecule has 0 aliphatic rings. The summed E-state index contributed by atoms with van der Waals surface area (Å²) in [7, 11) is 1.44. The first-order chi connectivity index (χ1) is 7.10. The van der Waals surface area contributed by atoms with Crippen LogP contribution in [0.4, 0.5) is 0 Å². The van der Waals surface area contributed by atoms with Crippen LogP contribution in [0.15, 0.2) is 18.4 Å². The molecule has 5 heteroatoms. The molecule has 0 aliphatic carbocycles. The van der Waals surface area contributed by atoms with Crippen molar-refractivity contribution in [3.63, 3.8) is 0 Å². The molecule has 0 heterocycles. The second-order valence-corrected chi connectivity index (χ2v) is 3.85. The molecule has 0 fully saturated rings. The van der Waals surface area contributed by atoms with Gasteiger partial charge in [-0.25, -0.2) is 0 Å². The van der Waals surface area contributed by atoms with E-state index >= 15 is 0 Å². The van der Waals surface area contributed by atoms with Crippen molar-refractivity contribution in [1.29, 1.82) is 5.26 Å². The van der Waals surface area contributed by atoms with Crippen molar-refractivity contribution in [2.45, 2.75) is 0 Å². The predicted octanol–water partition coefficient (Wildman–Crippen LogP) is 4.16. The van der Waals surface area contributed by atoms with Crippen molar-refractivity contribution in [3.8, 4) is 6.07 Å². The van der Waals surface area contributed by atoms with Crippen molar-refractivity contribution >= 4 is 40.4 Å². The molecule has 0 unspecified atom stereocenters. The number of hydrogen-bond acceptors (Lipinski definition) is 2. The van der Waals surface area contributed by atoms with Crippen LogP contribution >= 0.6 is 34.8 Å². The maximum atomic E-state index is 8.87. The molecule has 0 saturated carbocycles. The van der Waals surface area contributed by atoms with Crippen LogP contribution in [0.25, 0.3) is 5.57 Å². The fourth-order valence-corrected chi connectivity index (χ4v) is 1.72. The maximum absolute atomic E-state index is 8.87. The molecule has 78 valence electrons. The summed E-state index contributed by atoms with van der Waals surface area (Å²) in [5.41, 5.74) is 0.727. The fourth-order valence-electron chi connectivity index (χ4n) is 1.02. The van der Waals surface area contributed by atoms with Crippen molar-refractivity contribution in [2.75, 3.05) is 7.11 Å². The number of nitriles is 1. The van der Waals surface area contributed by atoms with Gasteiger partial charge >= 0.3 is 0 Å². The van der Waals surface area contributed by atoms with Crippen LogP contribution in [0.5, 0.6) is 0 Å². The number of benzene rings is 1. The van der Waals surface area contributed by atoms with Gasteiger partial charge in [-0.1, -0.05) is 34.8 Å². The van der Waals surface area contributed by atoms with Crippen LogP contribution in [0.3, 0.4) is 0 Å². The van der Waals surface area contributed by atoms with Gasteiger partial charge < -0.3 is 4.74 Å². The fraction of sp³-hybridized carbons (Fsp3) is 0.100. The monoisotopic (exact) mass is 261 g/mol. The van der Waals surface area contributed by atoms with Gasteiger partial charge in [0.2, 0.25) is 0 Å². The lowest BCUT2D eigenvalue weighted by molar-refractivity contribution is 0.340. The maximum Gasteiger partial charge on any atom is 0.103 e. The zero-order chi connectivity index (χ0) is 11.4. The van der Waals surface area contributed by atoms with E-state index in [-0.39, 0.29) is 10.6 Å². The van der Waals surface area contributed by atoms with E-state index in [1.54, 1.807) is 6.07 Å². The van der Waals surface area contributed by atoms with E-state index in [1.165, 1.54) is 19.4 Å². The lowest BCUT2D eigenvalue weighted by Gasteiger charge is -2.05. The van der Waals surface area contributed by atoms with Gasteiger partial charge in [0.05, 0.1) is 22.7 Å². The van der Waals surface area contributed by atoms with Gasteiger partial charge in [-0.15, -0.1) is 0 Å². The number of allylic oxidation sites excluding steroid dienone is 1. The molecule has 0 bridgehead atoms. The smallest absolute Gasteiger partial charge is 0.103 e. The van der Waals surface area contributed by atoms with Crippen LogP contribution < -0.4 is 0 Å². The number of hydrogen-bond donors (Lipinski definition) is 0. The first-order valence-electron chi connectivity index (χ1n) is 3.88. The highest BCUT2D eigenvalue weighted by Crippen LogP contribution is 2.33. The second-order valence-electron chi connectivity index (χ2n) is 2.63. The van der Waals surface area contributed by atoms with Gasteiger partial charge in [-0.2, -0.15) is 5.26 Å². The largest absolute Gasteiger partial charge is 0.503 e. The second kappa shape index (κ2) is 5.27. The average Bonchev–Trinajstić information content (AvgIpc) is 2.20. The predicted molar refractivity (Wildman–Crippen MR) is 62.1 cm³/mol. The molecule has 15 heavy (non-hydrogen) atoms. The Morgan fingerprint density at radius 1 is 1.40 bits per heavy atom. The topological polar surface area (TPSA) is 33.0 Å². The Balaban J connectivity index is 3.37. The molecule has 0 aliphatic heterocycles. The van der Waals surface area contributed by atoms with Crippen LogP contribution in [-0.4, -0.2) is 7.11 Å². The minimum atomic E-state index is 0.270. The quantitative estimate of drug-likeness (QED) is 0.455. The number of rotatable bonds is 2. The van der Waals surface area contributed by atoms with Gasteiger partial charge in [0.15, 0.2) is 0 Å². The molecule has 1 aromatic rings. The number of methoxy groups -OCH3 is 1. The molecule has 1 aromatic carbocycles. The van der Waals surface area contributed by atoms with Gasteiger partial charge in [-0.3, -0.25) is 0 Å². The van der Waals surface area contributed by atoms with Gasteiger partial charge in [0.25, 0.3) is 0 Å². The molecule has 2 nitrogen and oxygen atoms in total. The third-order valence-corrected chi connectivity index (χ3v) is 2.66. The third-order valence-electron chi connectivity index (χ3n) is 1.64. The van der Waals surface area contributed by atoms with E-state index in [2.05, 4.69) is 0 Å². The Hall–Kier alpha value is -0.880. The highest BCUT2D eigenvalue weighted by atomic mass is 35.5. The molecule has 0 amide bonds. The van der Waals surface area contributed by atoms with Crippen LogP contribution in [0.1, 0.15) is 5.56 Å². The summed E-state index contributed by atoms with van der Waals surface area (Å²) in [6.07, 6.45) is 1.29. The molecule has 0 aromatic heterocycles. The zero-order valence-electron chi connectivity index (χ0n) is 7.72. The Bertz CT molecular complexity index is 449. The summed E-state index contributed by atoms with van der Waals surface area (Å²) in [5.74, 6) is 0. The normalized spacial score (nSPS) is 11.0. The van der Waals surface area contributed by atoms with Gasteiger partial charge in [-0.05, 0) is 12.1 Å². The lowest BCUT2D eigenvalue weighted by atomic mass is 10.1. The summed E-state index contributed by atoms with van der Waals surface area (Å²) in [6, 6.07) is 5.02. The first-order valence-corrected chi connectivity index (χ1v) is 5.01. The Labute approximate surface area is 103 Å². The van der Waals surface area contributed by atoms with E-state index in [9.17, 15) is 0 Å². The van der Waals surface area contributed by atoms with E-state index in [0.717, 1.165) is 0 Å². The SMILES string of the molecule is CO/C=C(/C#N)c1cc(Cl)cc(Cl)c1Cl. The van der Waals surface area contributed by atoms with E-state index < -0.39 is 0 Å². The van der Waals surface area contributed by atoms with Crippen molar-refractivity contribution in [1.82, 2.24) is 0 Å². The molecular formula is C10H6Cl3NO. The standard InChI is InChI=1S/C10H6Cl3NO/c1-15-5-6(4-14)8-2-7(11)3-9(12)10(8)13/h2-3,5H,1H3/b6-5-. The number of halogens is 3. The molecule has 1 rings (SSSR count). The lowest BCUT2D eigenvalue weighted by Crippen LogP contribution is -1.86. The highest BCUT2D eigenvalue weighted by Gasteiger charge is 2.11. The molecule has 0 spiro atoms. The first kappa shape index (κ1) is 12.2. The molecule has 0 N–H and O–H groups in total. The molecule has 0 atom stereocenters. The molecule has 0 radical (unpaired) electrons. The highest BCUT2D eigenvalue weighted by molar-refractivity contribution is 6.44. The molecule has 0 saturated heterocycles. The number of ether oxygens (including phenoxy) is 1. The Morgan fingerprint density at radius 3 is 2.60 bits per heavy atom. The van der Waals surface area contributed by atoms with E-state index in [1.807, 2.05) is 6.07 Å². The summed E-state index contributed by atoms with van der Waals surface area (Å²) >= 11 is 17.6. The summed E-state index contributed by atoms with van der Waals surface area (Å²) in [5, 5.41) is 9.87. The van der Waals surface area contributed by atoms with Crippen LogP contribution in [0, 0.1) is 11.3 Å². The van der Waals surface area contributed by atoms with Crippen molar-refractivity contribution in [2.24, 2.45) is 0 Å². The van der Waals surface area contributed by atoms with Crippen LogP contribution in [0.2, 0.25) is 15.1 Å². The summed E-state index contributed by atoms with van der Waals surface area (Å²) < 4.78 is 4.75. The summed E-state index contributed by atoms with van der Waals surface area (Å²) in [6.45, 7) is 0.